The van der Waals surface area contributed by atoms with Gasteiger partial charge in [-0.3, -0.25) is 10.2 Å². The molecule has 2 aliphatic heterocycles. The molecule has 0 aromatic rings. The van der Waals surface area contributed by atoms with Crippen molar-refractivity contribution in [3.05, 3.63) is 0 Å². The summed E-state index contributed by atoms with van der Waals surface area (Å²) in [5.41, 5.74) is 3.76. The molecule has 3 N–H and O–H groups in total. The molecule has 0 radical (unpaired) electrons. The van der Waals surface area contributed by atoms with Crippen LogP contribution in [0.2, 0.25) is 0 Å². The zero-order chi connectivity index (χ0) is 22.0. The van der Waals surface area contributed by atoms with Gasteiger partial charge in [-0.15, -0.1) is 0 Å². The Labute approximate surface area is 190 Å². The second-order valence-corrected chi connectivity index (χ2v) is 11.9. The highest BCUT2D eigenvalue weighted by atomic mass is 16.2. The van der Waals surface area contributed by atoms with Gasteiger partial charge in [-0.25, -0.2) is 5.01 Å². The molecule has 31 heavy (non-hydrogen) atoms. The van der Waals surface area contributed by atoms with Crippen LogP contribution in [0.4, 0.5) is 0 Å². The average Bonchev–Trinajstić information content (AvgIpc) is 3.19. The third-order valence-electron chi connectivity index (χ3n) is 9.03. The van der Waals surface area contributed by atoms with Crippen LogP contribution in [0.3, 0.4) is 0 Å². The highest BCUT2D eigenvalue weighted by molar-refractivity contribution is 5.80. The SMILES string of the molecule is CC1CC(C)CC(NC(=O)C2CNN(C3CCC(C(C)C)CC3)C2C2CCNCC2)C1. The quantitative estimate of drug-likeness (QED) is 0.616. The van der Waals surface area contributed by atoms with Crippen LogP contribution in [0.25, 0.3) is 0 Å². The first-order chi connectivity index (χ1) is 14.9. The van der Waals surface area contributed by atoms with Crippen LogP contribution in [0, 0.1) is 35.5 Å². The van der Waals surface area contributed by atoms with Gasteiger partial charge in [-0.05, 0) is 100 Å². The molecule has 0 spiro atoms. The van der Waals surface area contributed by atoms with Gasteiger partial charge in [-0.1, -0.05) is 27.7 Å². The third-order valence-corrected chi connectivity index (χ3v) is 9.03. The Balaban J connectivity index is 1.43. The second-order valence-electron chi connectivity index (χ2n) is 11.9. The number of hydrazine groups is 1. The van der Waals surface area contributed by atoms with Gasteiger partial charge in [0.2, 0.25) is 5.91 Å². The summed E-state index contributed by atoms with van der Waals surface area (Å²) in [4.78, 5) is 13.6. The number of piperidine rings is 1. The third kappa shape index (κ3) is 5.65. The first-order valence-corrected chi connectivity index (χ1v) is 13.4. The molecule has 0 aromatic heterocycles. The number of hydrogen-bond donors (Lipinski definition) is 3. The number of amides is 1. The Kier molecular flexibility index (Phi) is 7.98. The molecule has 5 heteroatoms. The average molecular weight is 433 g/mol. The van der Waals surface area contributed by atoms with Crippen LogP contribution in [0.1, 0.15) is 85.5 Å². The van der Waals surface area contributed by atoms with Gasteiger partial charge in [-0.2, -0.15) is 0 Å². The Hall–Kier alpha value is -0.650. The van der Waals surface area contributed by atoms with Crippen LogP contribution in [-0.4, -0.2) is 48.7 Å². The van der Waals surface area contributed by atoms with E-state index in [-0.39, 0.29) is 5.92 Å². The molecule has 0 bridgehead atoms. The standard InChI is InChI=1S/C26H48N4O/c1-17(2)20-5-7-23(8-6-20)30-25(21-9-11-27-12-10-21)24(16-28-30)26(31)29-22-14-18(3)13-19(4)15-22/h17-25,27-28H,5-16H2,1-4H3,(H,29,31). The Bertz CT molecular complexity index is 572. The van der Waals surface area contributed by atoms with E-state index in [0.29, 0.717) is 30.0 Å². The van der Waals surface area contributed by atoms with Gasteiger partial charge in [0, 0.05) is 24.7 Å². The van der Waals surface area contributed by atoms with Crippen LogP contribution < -0.4 is 16.1 Å². The van der Waals surface area contributed by atoms with Crippen LogP contribution in [-0.2, 0) is 4.79 Å². The monoisotopic (exact) mass is 432 g/mol. The van der Waals surface area contributed by atoms with E-state index in [9.17, 15) is 4.79 Å². The van der Waals surface area contributed by atoms with Crippen LogP contribution in [0.5, 0.6) is 0 Å². The molecule has 4 rings (SSSR count). The first-order valence-electron chi connectivity index (χ1n) is 13.4. The van der Waals surface area contributed by atoms with Crippen molar-refractivity contribution in [2.45, 2.75) is 104 Å². The summed E-state index contributed by atoms with van der Waals surface area (Å²) in [7, 11) is 0. The second kappa shape index (κ2) is 10.5. The minimum atomic E-state index is 0.0958. The van der Waals surface area contributed by atoms with Crippen LogP contribution >= 0.6 is 0 Å². The highest BCUT2D eigenvalue weighted by Crippen LogP contribution is 2.38. The zero-order valence-corrected chi connectivity index (χ0v) is 20.5. The summed E-state index contributed by atoms with van der Waals surface area (Å²) in [5, 5.41) is 9.63. The number of nitrogens with zero attached hydrogens (tertiary/aromatic N) is 1. The molecule has 1 amide bonds. The Morgan fingerprint density at radius 3 is 2.19 bits per heavy atom. The lowest BCUT2D eigenvalue weighted by Gasteiger charge is -2.43. The van der Waals surface area contributed by atoms with Crippen molar-refractivity contribution in [2.75, 3.05) is 19.6 Å². The first kappa shape index (κ1) is 23.5. The highest BCUT2D eigenvalue weighted by Gasteiger charge is 2.46. The van der Waals surface area contributed by atoms with Crippen molar-refractivity contribution in [2.24, 2.45) is 35.5 Å². The number of hydrogen-bond acceptors (Lipinski definition) is 4. The van der Waals surface area contributed by atoms with Gasteiger partial charge < -0.3 is 10.6 Å². The summed E-state index contributed by atoms with van der Waals surface area (Å²) >= 11 is 0. The summed E-state index contributed by atoms with van der Waals surface area (Å²) in [6.07, 6.45) is 11.3. The predicted molar refractivity (Wildman–Crippen MR) is 127 cm³/mol. The van der Waals surface area contributed by atoms with Gasteiger partial charge in [0.05, 0.1) is 5.92 Å². The fourth-order valence-electron chi connectivity index (χ4n) is 7.41. The van der Waals surface area contributed by atoms with Gasteiger partial charge in [0.1, 0.15) is 0 Å². The lowest BCUT2D eigenvalue weighted by atomic mass is 9.77. The number of carbonyl (C=O) groups excluding carboxylic acids is 1. The molecule has 4 atom stereocenters. The maximum Gasteiger partial charge on any atom is 0.226 e. The number of rotatable bonds is 5. The molecule has 178 valence electrons. The largest absolute Gasteiger partial charge is 0.353 e. The van der Waals surface area contributed by atoms with E-state index >= 15 is 0 Å². The van der Waals surface area contributed by atoms with Gasteiger partial charge in [0.25, 0.3) is 0 Å². The van der Waals surface area contributed by atoms with E-state index in [0.717, 1.165) is 56.1 Å². The molecule has 5 nitrogen and oxygen atoms in total. The minimum absolute atomic E-state index is 0.0958. The predicted octanol–water partition coefficient (Wildman–Crippen LogP) is 3.95. The number of carbonyl (C=O) groups is 1. The molecule has 2 saturated heterocycles. The Morgan fingerprint density at radius 2 is 1.58 bits per heavy atom. The van der Waals surface area contributed by atoms with Crippen molar-refractivity contribution in [1.29, 1.82) is 0 Å². The maximum atomic E-state index is 13.6. The molecule has 4 fully saturated rings. The van der Waals surface area contributed by atoms with E-state index in [2.05, 4.69) is 48.8 Å². The van der Waals surface area contributed by atoms with E-state index in [1.54, 1.807) is 0 Å². The normalized spacial score (nSPS) is 40.9. The molecule has 2 aliphatic carbocycles. The number of nitrogens with one attached hydrogen (secondary N) is 3. The fraction of sp³-hybridized carbons (Fsp3) is 0.962. The van der Waals surface area contributed by atoms with Crippen molar-refractivity contribution < 1.29 is 4.79 Å². The van der Waals surface area contributed by atoms with Crippen molar-refractivity contribution in [3.63, 3.8) is 0 Å². The minimum Gasteiger partial charge on any atom is -0.353 e. The summed E-state index contributed by atoms with van der Waals surface area (Å²) in [5.74, 6) is 4.17. The smallest absolute Gasteiger partial charge is 0.226 e. The Morgan fingerprint density at radius 1 is 0.935 bits per heavy atom. The van der Waals surface area contributed by atoms with Gasteiger partial charge in [0.15, 0.2) is 0 Å². The van der Waals surface area contributed by atoms with E-state index < -0.39 is 0 Å². The van der Waals surface area contributed by atoms with Crippen LogP contribution in [0.15, 0.2) is 0 Å². The molecule has 4 unspecified atom stereocenters. The molecular weight excluding hydrogens is 384 g/mol. The summed E-state index contributed by atoms with van der Waals surface area (Å²) in [6, 6.07) is 1.33. The zero-order valence-electron chi connectivity index (χ0n) is 20.5. The van der Waals surface area contributed by atoms with E-state index in [1.165, 1.54) is 44.9 Å². The summed E-state index contributed by atoms with van der Waals surface area (Å²) in [6.45, 7) is 12.5. The lowest BCUT2D eigenvalue weighted by molar-refractivity contribution is -0.127. The lowest BCUT2D eigenvalue weighted by Crippen LogP contribution is -2.54. The van der Waals surface area contributed by atoms with Crippen molar-refractivity contribution in [1.82, 2.24) is 21.1 Å². The van der Waals surface area contributed by atoms with E-state index in [1.807, 2.05) is 0 Å². The molecule has 2 saturated carbocycles. The topological polar surface area (TPSA) is 56.4 Å². The van der Waals surface area contributed by atoms with Crippen molar-refractivity contribution in [3.8, 4) is 0 Å². The molecule has 2 heterocycles. The van der Waals surface area contributed by atoms with E-state index in [4.69, 9.17) is 0 Å². The summed E-state index contributed by atoms with van der Waals surface area (Å²) < 4.78 is 0. The van der Waals surface area contributed by atoms with Gasteiger partial charge >= 0.3 is 0 Å². The molecular formula is C26H48N4O. The van der Waals surface area contributed by atoms with Crippen molar-refractivity contribution >= 4 is 5.91 Å². The fourth-order valence-corrected chi connectivity index (χ4v) is 7.41. The molecule has 4 aliphatic rings. The molecule has 0 aromatic carbocycles. The maximum absolute atomic E-state index is 13.6.